The fraction of sp³-hybridized carbons (Fsp3) is 0.600. The minimum Gasteiger partial charge on any atom is -0.481 e. The van der Waals surface area contributed by atoms with E-state index in [9.17, 15) is 4.79 Å². The summed E-state index contributed by atoms with van der Waals surface area (Å²) in [5.41, 5.74) is 0.980. The first-order valence-electron chi connectivity index (χ1n) is 4.80. The highest BCUT2D eigenvalue weighted by atomic mass is 16.4. The Bertz CT molecular complexity index is 369. The molecule has 0 atom stereocenters. The van der Waals surface area contributed by atoms with Crippen LogP contribution >= 0.6 is 0 Å². The second kappa shape index (κ2) is 3.92. The minimum atomic E-state index is -0.809. The first-order chi connectivity index (χ1) is 6.83. The van der Waals surface area contributed by atoms with Gasteiger partial charge in [-0.05, 0) is 20.8 Å². The summed E-state index contributed by atoms with van der Waals surface area (Å²) in [7, 11) is 1.83. The Labute approximate surface area is 89.1 Å². The summed E-state index contributed by atoms with van der Waals surface area (Å²) in [6.07, 6.45) is 1.84. The maximum absolute atomic E-state index is 10.9. The zero-order valence-corrected chi connectivity index (χ0v) is 9.53. The van der Waals surface area contributed by atoms with E-state index in [2.05, 4.69) is 10.4 Å². The molecule has 0 spiro atoms. The smallest absolute Gasteiger partial charge is 0.310 e. The van der Waals surface area contributed by atoms with Gasteiger partial charge in [-0.25, -0.2) is 0 Å². The van der Waals surface area contributed by atoms with Crippen molar-refractivity contribution in [2.75, 3.05) is 11.9 Å². The zero-order valence-electron chi connectivity index (χ0n) is 9.53. The monoisotopic (exact) mass is 211 g/mol. The molecule has 1 heterocycles. The molecule has 0 aliphatic carbocycles. The van der Waals surface area contributed by atoms with Gasteiger partial charge in [-0.1, -0.05) is 0 Å². The number of anilines is 1. The third-order valence-electron chi connectivity index (χ3n) is 2.31. The summed E-state index contributed by atoms with van der Waals surface area (Å²) in [6, 6.07) is 0. The van der Waals surface area contributed by atoms with E-state index >= 15 is 0 Å². The van der Waals surface area contributed by atoms with Crippen molar-refractivity contribution in [3.05, 3.63) is 11.9 Å². The Morgan fingerprint density at radius 1 is 1.67 bits per heavy atom. The molecular weight excluding hydrogens is 194 g/mol. The van der Waals surface area contributed by atoms with E-state index in [0.717, 1.165) is 11.4 Å². The van der Waals surface area contributed by atoms with Crippen LogP contribution in [0.2, 0.25) is 0 Å². The van der Waals surface area contributed by atoms with Crippen LogP contribution < -0.4 is 5.32 Å². The van der Waals surface area contributed by atoms with Crippen molar-refractivity contribution in [2.45, 2.75) is 20.8 Å². The topological polar surface area (TPSA) is 67.2 Å². The molecule has 0 aromatic carbocycles. The molecule has 0 amide bonds. The number of aromatic nitrogens is 2. The third-order valence-corrected chi connectivity index (χ3v) is 2.31. The Hall–Kier alpha value is -1.52. The summed E-state index contributed by atoms with van der Waals surface area (Å²) in [5.74, 6) is -0.809. The molecule has 15 heavy (non-hydrogen) atoms. The van der Waals surface area contributed by atoms with Crippen LogP contribution in [0.4, 0.5) is 5.69 Å². The van der Waals surface area contributed by atoms with Crippen LogP contribution in [0.1, 0.15) is 19.5 Å². The number of nitrogens with zero attached hydrogens (tertiary/aromatic N) is 2. The standard InChI is InChI=1S/C10H17N3O2/c1-7-8(5-13(4)12-7)11-6-10(2,3)9(14)15/h5,11H,6H2,1-4H3,(H,14,15). The summed E-state index contributed by atoms with van der Waals surface area (Å²) in [6.45, 7) is 5.65. The summed E-state index contributed by atoms with van der Waals surface area (Å²) in [5, 5.41) is 16.2. The van der Waals surface area contributed by atoms with Gasteiger partial charge < -0.3 is 10.4 Å². The van der Waals surface area contributed by atoms with Crippen LogP contribution in [0.25, 0.3) is 0 Å². The second-order valence-electron chi connectivity index (χ2n) is 4.34. The van der Waals surface area contributed by atoms with E-state index in [-0.39, 0.29) is 0 Å². The number of carbonyl (C=O) groups is 1. The molecule has 0 aliphatic rings. The number of aryl methyl sites for hydroxylation is 2. The molecule has 0 saturated heterocycles. The van der Waals surface area contributed by atoms with E-state index in [1.54, 1.807) is 18.5 Å². The van der Waals surface area contributed by atoms with E-state index in [0.29, 0.717) is 6.54 Å². The predicted octanol–water partition coefficient (Wildman–Crippen LogP) is 1.25. The van der Waals surface area contributed by atoms with Crippen molar-refractivity contribution in [3.63, 3.8) is 0 Å². The van der Waals surface area contributed by atoms with E-state index < -0.39 is 11.4 Å². The van der Waals surface area contributed by atoms with Gasteiger partial charge in [0.25, 0.3) is 0 Å². The molecule has 0 bridgehead atoms. The van der Waals surface area contributed by atoms with Crippen LogP contribution in [0.5, 0.6) is 0 Å². The van der Waals surface area contributed by atoms with E-state index in [1.165, 1.54) is 0 Å². The predicted molar refractivity (Wildman–Crippen MR) is 57.9 cm³/mol. The Kier molecular flexibility index (Phi) is 3.02. The average Bonchev–Trinajstić information content (AvgIpc) is 2.41. The number of aliphatic carboxylic acids is 1. The SMILES string of the molecule is Cc1nn(C)cc1NCC(C)(C)C(=O)O. The van der Waals surface area contributed by atoms with Gasteiger partial charge in [-0.2, -0.15) is 5.10 Å². The number of nitrogens with one attached hydrogen (secondary N) is 1. The summed E-state index contributed by atoms with van der Waals surface area (Å²) < 4.78 is 1.70. The highest BCUT2D eigenvalue weighted by Gasteiger charge is 2.26. The highest BCUT2D eigenvalue weighted by Crippen LogP contribution is 2.18. The Morgan fingerprint density at radius 3 is 2.67 bits per heavy atom. The number of hydrogen-bond donors (Lipinski definition) is 2. The van der Waals surface area contributed by atoms with Gasteiger partial charge in [-0.3, -0.25) is 9.48 Å². The molecule has 0 saturated carbocycles. The van der Waals surface area contributed by atoms with Crippen molar-refractivity contribution < 1.29 is 9.90 Å². The first kappa shape index (κ1) is 11.6. The maximum Gasteiger partial charge on any atom is 0.310 e. The molecule has 5 nitrogen and oxygen atoms in total. The van der Waals surface area contributed by atoms with Crippen molar-refractivity contribution in [1.29, 1.82) is 0 Å². The van der Waals surface area contributed by atoms with Gasteiger partial charge in [-0.15, -0.1) is 0 Å². The van der Waals surface area contributed by atoms with E-state index in [4.69, 9.17) is 5.11 Å². The van der Waals surface area contributed by atoms with E-state index in [1.807, 2.05) is 20.2 Å². The highest BCUT2D eigenvalue weighted by molar-refractivity contribution is 5.74. The molecule has 0 radical (unpaired) electrons. The van der Waals surface area contributed by atoms with Gasteiger partial charge >= 0.3 is 5.97 Å². The number of rotatable bonds is 4. The fourth-order valence-electron chi connectivity index (χ4n) is 1.16. The molecule has 1 rings (SSSR count). The van der Waals surface area contributed by atoms with Crippen LogP contribution in [0.15, 0.2) is 6.20 Å². The van der Waals surface area contributed by atoms with Gasteiger partial charge in [0, 0.05) is 19.8 Å². The lowest BCUT2D eigenvalue weighted by molar-refractivity contribution is -0.146. The van der Waals surface area contributed by atoms with Gasteiger partial charge in [0.15, 0.2) is 0 Å². The molecule has 0 aliphatic heterocycles. The lowest BCUT2D eigenvalue weighted by atomic mass is 9.94. The number of carboxylic acid groups (broad SMARTS) is 1. The molecule has 1 aromatic heterocycles. The van der Waals surface area contributed by atoms with Crippen molar-refractivity contribution in [3.8, 4) is 0 Å². The molecular formula is C10H17N3O2. The summed E-state index contributed by atoms with van der Waals surface area (Å²) >= 11 is 0. The molecule has 2 N–H and O–H groups in total. The zero-order chi connectivity index (χ0) is 11.6. The molecule has 0 unspecified atom stereocenters. The lowest BCUT2D eigenvalue weighted by Crippen LogP contribution is -2.31. The Morgan fingerprint density at radius 2 is 2.27 bits per heavy atom. The van der Waals surface area contributed by atoms with Crippen LogP contribution in [-0.2, 0) is 11.8 Å². The molecule has 84 valence electrons. The number of carboxylic acids is 1. The van der Waals surface area contributed by atoms with Crippen molar-refractivity contribution >= 4 is 11.7 Å². The van der Waals surface area contributed by atoms with Crippen molar-refractivity contribution in [1.82, 2.24) is 9.78 Å². The quantitative estimate of drug-likeness (QED) is 0.786. The van der Waals surface area contributed by atoms with Gasteiger partial charge in [0.2, 0.25) is 0 Å². The first-order valence-corrected chi connectivity index (χ1v) is 4.80. The van der Waals surface area contributed by atoms with Crippen molar-refractivity contribution in [2.24, 2.45) is 12.5 Å². The van der Waals surface area contributed by atoms with Crippen LogP contribution in [0, 0.1) is 12.3 Å². The lowest BCUT2D eigenvalue weighted by Gasteiger charge is -2.19. The number of hydrogen-bond acceptors (Lipinski definition) is 3. The summed E-state index contributed by atoms with van der Waals surface area (Å²) in [4.78, 5) is 10.9. The molecule has 1 aromatic rings. The van der Waals surface area contributed by atoms with Gasteiger partial charge in [0.1, 0.15) is 0 Å². The van der Waals surface area contributed by atoms with Crippen LogP contribution in [0.3, 0.4) is 0 Å². The average molecular weight is 211 g/mol. The fourth-order valence-corrected chi connectivity index (χ4v) is 1.16. The maximum atomic E-state index is 10.9. The molecule has 0 fully saturated rings. The third kappa shape index (κ3) is 2.71. The normalized spacial score (nSPS) is 11.5. The Balaban J connectivity index is 2.65. The second-order valence-corrected chi connectivity index (χ2v) is 4.34. The largest absolute Gasteiger partial charge is 0.481 e. The van der Waals surface area contributed by atoms with Crippen LogP contribution in [-0.4, -0.2) is 27.4 Å². The minimum absolute atomic E-state index is 0.384. The molecule has 5 heteroatoms. The van der Waals surface area contributed by atoms with Gasteiger partial charge in [0.05, 0.1) is 16.8 Å².